The third-order valence-corrected chi connectivity index (χ3v) is 7.66. The van der Waals surface area contributed by atoms with Gasteiger partial charge in [-0.15, -0.1) is 0 Å². The molecule has 1 fully saturated rings. The molecule has 5 rings (SSSR count). The van der Waals surface area contributed by atoms with E-state index in [1.807, 2.05) is 72.8 Å². The van der Waals surface area contributed by atoms with Gasteiger partial charge in [0.25, 0.3) is 5.91 Å². The summed E-state index contributed by atoms with van der Waals surface area (Å²) in [5.74, 6) is -0.281. The molecule has 7 heteroatoms. The first-order valence-electron chi connectivity index (χ1n) is 13.6. The van der Waals surface area contributed by atoms with Crippen LogP contribution < -0.4 is 9.47 Å². The molecule has 1 heterocycles. The maximum atomic E-state index is 14.0. The van der Waals surface area contributed by atoms with Gasteiger partial charge in [-0.1, -0.05) is 79.6 Å². The number of fused-ring (bicyclic) bond motifs is 1. The minimum Gasteiger partial charge on any atom is -0.493 e. The van der Waals surface area contributed by atoms with Gasteiger partial charge in [0.05, 0.1) is 19.8 Å². The largest absolute Gasteiger partial charge is 0.493 e. The van der Waals surface area contributed by atoms with E-state index in [1.165, 1.54) is 4.90 Å². The second kappa shape index (κ2) is 12.3. The highest BCUT2D eigenvalue weighted by molar-refractivity contribution is 5.88. The highest BCUT2D eigenvalue weighted by Crippen LogP contribution is 2.40. The molecule has 0 bridgehead atoms. The minimum atomic E-state index is -1.06. The van der Waals surface area contributed by atoms with Gasteiger partial charge in [0.1, 0.15) is 6.04 Å². The van der Waals surface area contributed by atoms with Gasteiger partial charge in [-0.05, 0) is 35.6 Å². The lowest BCUT2D eigenvalue weighted by Gasteiger charge is -2.37. The van der Waals surface area contributed by atoms with E-state index in [-0.39, 0.29) is 25.0 Å². The fourth-order valence-electron chi connectivity index (χ4n) is 5.58. The van der Waals surface area contributed by atoms with Crippen LogP contribution in [-0.4, -0.2) is 47.7 Å². The zero-order valence-electron chi connectivity index (χ0n) is 22.3. The lowest BCUT2D eigenvalue weighted by atomic mass is 9.91. The van der Waals surface area contributed by atoms with Crippen LogP contribution in [-0.2, 0) is 33.7 Å². The van der Waals surface area contributed by atoms with Crippen LogP contribution in [0, 0.1) is 0 Å². The molecular formula is C32H35NO6. The monoisotopic (exact) mass is 529 g/mol. The number of rotatable bonds is 10. The Balaban J connectivity index is 1.42. The Kier molecular flexibility index (Phi) is 8.47. The van der Waals surface area contributed by atoms with Crippen molar-refractivity contribution in [3.05, 3.63) is 95.1 Å². The van der Waals surface area contributed by atoms with Gasteiger partial charge in [-0.2, -0.15) is 0 Å². The summed E-state index contributed by atoms with van der Waals surface area (Å²) in [5.41, 5.74) is 3.51. The van der Waals surface area contributed by atoms with Gasteiger partial charge >= 0.3 is 5.97 Å². The lowest BCUT2D eigenvalue weighted by molar-refractivity contribution is -0.160. The molecule has 2 atom stereocenters. The van der Waals surface area contributed by atoms with Crippen molar-refractivity contribution in [2.75, 3.05) is 13.7 Å². The summed E-state index contributed by atoms with van der Waals surface area (Å²) in [4.78, 5) is 28.0. The molecule has 1 aliphatic heterocycles. The Morgan fingerprint density at radius 1 is 0.974 bits per heavy atom. The quantitative estimate of drug-likeness (QED) is 0.381. The van der Waals surface area contributed by atoms with Gasteiger partial charge in [0.15, 0.2) is 17.6 Å². The molecule has 1 aliphatic carbocycles. The molecule has 1 saturated carbocycles. The second-order valence-electron chi connectivity index (χ2n) is 10.2. The summed E-state index contributed by atoms with van der Waals surface area (Å²) in [5, 5.41) is 10.3. The van der Waals surface area contributed by atoms with Gasteiger partial charge in [0, 0.05) is 24.9 Å². The van der Waals surface area contributed by atoms with Crippen LogP contribution in [0.4, 0.5) is 0 Å². The van der Waals surface area contributed by atoms with Crippen LogP contribution in [0.1, 0.15) is 54.0 Å². The van der Waals surface area contributed by atoms with E-state index >= 15 is 0 Å². The lowest BCUT2D eigenvalue weighted by Crippen LogP contribution is -2.50. The van der Waals surface area contributed by atoms with E-state index in [0.29, 0.717) is 24.5 Å². The van der Waals surface area contributed by atoms with Crippen LogP contribution in [0.2, 0.25) is 0 Å². The number of carboxylic acids is 1. The number of carbonyl (C=O) groups excluding carboxylic acids is 1. The average molecular weight is 530 g/mol. The molecule has 0 aromatic heterocycles. The maximum absolute atomic E-state index is 14.0. The van der Waals surface area contributed by atoms with E-state index in [1.54, 1.807) is 7.11 Å². The number of hydrogen-bond donors (Lipinski definition) is 1. The fraction of sp³-hybridized carbons (Fsp3) is 0.375. The first kappa shape index (κ1) is 26.8. The van der Waals surface area contributed by atoms with Gasteiger partial charge < -0.3 is 24.2 Å². The summed E-state index contributed by atoms with van der Waals surface area (Å²) < 4.78 is 18.2. The third-order valence-electron chi connectivity index (χ3n) is 7.66. The molecule has 0 spiro atoms. The third kappa shape index (κ3) is 6.09. The van der Waals surface area contributed by atoms with Crippen LogP contribution in [0.3, 0.4) is 0 Å². The molecule has 0 unspecified atom stereocenters. The summed E-state index contributed by atoms with van der Waals surface area (Å²) >= 11 is 0. The Labute approximate surface area is 229 Å². The van der Waals surface area contributed by atoms with Crippen molar-refractivity contribution in [3.8, 4) is 11.5 Å². The highest BCUT2D eigenvalue weighted by atomic mass is 16.5. The van der Waals surface area contributed by atoms with E-state index in [4.69, 9.17) is 14.2 Å². The molecule has 2 aliphatic rings. The molecule has 0 radical (unpaired) electrons. The number of nitrogens with zero attached hydrogens (tertiary/aromatic N) is 1. The van der Waals surface area contributed by atoms with Crippen LogP contribution in [0.15, 0.2) is 72.8 Å². The maximum Gasteiger partial charge on any atom is 0.326 e. The van der Waals surface area contributed by atoms with Gasteiger partial charge in [0.2, 0.25) is 0 Å². The molecule has 1 N–H and O–H groups in total. The molecule has 39 heavy (non-hydrogen) atoms. The number of hydrogen-bond acceptors (Lipinski definition) is 5. The summed E-state index contributed by atoms with van der Waals surface area (Å²) in [6.45, 7) is 0.573. The Morgan fingerprint density at radius 3 is 2.33 bits per heavy atom. The predicted octanol–water partition coefficient (Wildman–Crippen LogP) is 5.36. The number of ether oxygens (including phenoxy) is 3. The van der Waals surface area contributed by atoms with Crippen molar-refractivity contribution >= 4 is 11.9 Å². The van der Waals surface area contributed by atoms with E-state index in [2.05, 4.69) is 0 Å². The van der Waals surface area contributed by atoms with Crippen molar-refractivity contribution in [1.29, 1.82) is 0 Å². The standard InChI is InChI=1S/C32H35NO6/c1-37-28-17-16-24-21-33(31(34)29(23-12-6-3-7-13-23)39-25-14-8-9-15-25)27(32(35)36)20-26(24)30(28)38-19-18-22-10-4-2-5-11-22/h2-7,10-13,16-17,25,27,29H,8-9,14-15,18-21H2,1H3,(H,35,36)/t27-,29+/m0/s1. The fourth-order valence-corrected chi connectivity index (χ4v) is 5.58. The minimum absolute atomic E-state index is 0.00612. The topological polar surface area (TPSA) is 85.3 Å². The van der Waals surface area contributed by atoms with Crippen molar-refractivity contribution in [2.45, 2.75) is 63.3 Å². The zero-order valence-corrected chi connectivity index (χ0v) is 22.3. The number of methoxy groups -OCH3 is 1. The smallest absolute Gasteiger partial charge is 0.326 e. The molecule has 7 nitrogen and oxygen atoms in total. The van der Waals surface area contributed by atoms with E-state index in [0.717, 1.165) is 47.9 Å². The summed E-state index contributed by atoms with van der Waals surface area (Å²) in [6.07, 6.45) is 3.94. The molecular weight excluding hydrogens is 494 g/mol. The normalized spacial score (nSPS) is 17.9. The van der Waals surface area contributed by atoms with Crippen LogP contribution in [0.25, 0.3) is 0 Å². The van der Waals surface area contributed by atoms with Crippen LogP contribution in [0.5, 0.6) is 11.5 Å². The predicted molar refractivity (Wildman–Crippen MR) is 147 cm³/mol. The second-order valence-corrected chi connectivity index (χ2v) is 10.2. The molecule has 0 saturated heterocycles. The van der Waals surface area contributed by atoms with Crippen molar-refractivity contribution in [2.24, 2.45) is 0 Å². The van der Waals surface area contributed by atoms with Crippen molar-refractivity contribution in [3.63, 3.8) is 0 Å². The number of amides is 1. The zero-order chi connectivity index (χ0) is 27.2. The Morgan fingerprint density at radius 2 is 1.67 bits per heavy atom. The molecule has 204 valence electrons. The number of aliphatic carboxylic acids is 1. The summed E-state index contributed by atoms with van der Waals surface area (Å²) in [7, 11) is 1.57. The van der Waals surface area contributed by atoms with E-state index in [9.17, 15) is 14.7 Å². The highest BCUT2D eigenvalue weighted by Gasteiger charge is 2.40. The van der Waals surface area contributed by atoms with Crippen LogP contribution >= 0.6 is 0 Å². The molecule has 3 aromatic rings. The first-order valence-corrected chi connectivity index (χ1v) is 13.6. The van der Waals surface area contributed by atoms with Crippen molar-refractivity contribution < 1.29 is 28.9 Å². The Bertz CT molecular complexity index is 1270. The van der Waals surface area contributed by atoms with E-state index < -0.39 is 18.1 Å². The molecule has 3 aromatic carbocycles. The number of benzene rings is 3. The SMILES string of the molecule is COc1ccc2c(c1OCCc1ccccc1)C[C@@H](C(=O)O)N(C(=O)[C@H](OC1CCCC1)c1ccccc1)C2. The molecule has 1 amide bonds. The van der Waals surface area contributed by atoms with Crippen molar-refractivity contribution in [1.82, 2.24) is 4.90 Å². The number of carbonyl (C=O) groups is 2. The number of carboxylic acid groups (broad SMARTS) is 1. The first-order chi connectivity index (χ1) is 19.0. The van der Waals surface area contributed by atoms with Gasteiger partial charge in [-0.3, -0.25) is 4.79 Å². The Hall–Kier alpha value is -3.84. The van der Waals surface area contributed by atoms with Gasteiger partial charge in [-0.25, -0.2) is 4.79 Å². The average Bonchev–Trinajstić information content (AvgIpc) is 3.49. The summed E-state index contributed by atoms with van der Waals surface area (Å²) in [6, 6.07) is 22.1.